The number of thioether (sulfide) groups is 1. The van der Waals surface area contributed by atoms with E-state index in [1.54, 1.807) is 18.8 Å². The van der Waals surface area contributed by atoms with Gasteiger partial charge in [0.2, 0.25) is 5.91 Å². The van der Waals surface area contributed by atoms with Crippen LogP contribution in [0, 0.1) is 11.8 Å². The largest absolute Gasteiger partial charge is 0.358 e. The lowest BCUT2D eigenvalue weighted by molar-refractivity contribution is -0.125. The first-order valence-corrected chi connectivity index (χ1v) is 8.41. The zero-order chi connectivity index (χ0) is 15.9. The molecule has 5 heteroatoms. The molecule has 0 aliphatic carbocycles. The molecule has 0 aromatic heterocycles. The molecule has 2 unspecified atom stereocenters. The number of rotatable bonds is 9. The Morgan fingerprint density at radius 1 is 1.15 bits per heavy atom. The van der Waals surface area contributed by atoms with Gasteiger partial charge in [0.15, 0.2) is 0 Å². The van der Waals surface area contributed by atoms with Gasteiger partial charge >= 0.3 is 0 Å². The number of nitrogens with zero attached hydrogens (tertiary/aromatic N) is 1. The molecule has 0 radical (unpaired) electrons. The van der Waals surface area contributed by atoms with Crippen molar-refractivity contribution in [2.75, 3.05) is 25.6 Å². The van der Waals surface area contributed by atoms with Crippen molar-refractivity contribution < 1.29 is 9.59 Å². The minimum atomic E-state index is -0.192. The van der Waals surface area contributed by atoms with E-state index in [0.717, 1.165) is 0 Å². The molecule has 0 aliphatic heterocycles. The molecular weight excluding hydrogens is 272 g/mol. The molecule has 20 heavy (non-hydrogen) atoms. The normalized spacial score (nSPS) is 14.7. The number of hydrogen-bond acceptors (Lipinski definition) is 4. The molecule has 1 N–H and O–H groups in total. The number of nitrogens with one attached hydrogen (secondary N) is 1. The summed E-state index contributed by atoms with van der Waals surface area (Å²) in [6, 6.07) is 0.126. The van der Waals surface area contributed by atoms with Crippen LogP contribution in [0.5, 0.6) is 0 Å². The van der Waals surface area contributed by atoms with Gasteiger partial charge < -0.3 is 5.32 Å². The van der Waals surface area contributed by atoms with Gasteiger partial charge in [0.25, 0.3) is 0 Å². The van der Waals surface area contributed by atoms with Crippen molar-refractivity contribution >= 4 is 23.5 Å². The van der Waals surface area contributed by atoms with Gasteiger partial charge in [-0.1, -0.05) is 27.7 Å². The van der Waals surface area contributed by atoms with Crippen molar-refractivity contribution in [2.45, 2.75) is 46.7 Å². The monoisotopic (exact) mass is 302 g/mol. The Bertz CT molecular complexity index is 319. The molecule has 118 valence electrons. The summed E-state index contributed by atoms with van der Waals surface area (Å²) in [4.78, 5) is 25.8. The lowest BCUT2D eigenvalue weighted by Gasteiger charge is -2.34. The van der Waals surface area contributed by atoms with Crippen LogP contribution in [-0.4, -0.2) is 54.3 Å². The van der Waals surface area contributed by atoms with E-state index in [0.29, 0.717) is 23.5 Å². The summed E-state index contributed by atoms with van der Waals surface area (Å²) in [7, 11) is 3.64. The summed E-state index contributed by atoms with van der Waals surface area (Å²) in [5.74, 6) is 1.93. The second-order valence-electron chi connectivity index (χ2n) is 5.92. The lowest BCUT2D eigenvalue weighted by atomic mass is 10.0. The smallest absolute Gasteiger partial charge is 0.237 e. The van der Waals surface area contributed by atoms with Gasteiger partial charge in [-0.05, 0) is 19.9 Å². The number of carbonyl (C=O) groups excluding carboxylic acids is 2. The van der Waals surface area contributed by atoms with E-state index in [4.69, 9.17) is 0 Å². The summed E-state index contributed by atoms with van der Waals surface area (Å²) in [5.41, 5.74) is 0. The maximum Gasteiger partial charge on any atom is 0.237 e. The Balaban J connectivity index is 4.58. The van der Waals surface area contributed by atoms with Crippen LogP contribution in [0.25, 0.3) is 0 Å². The summed E-state index contributed by atoms with van der Waals surface area (Å²) in [5, 5.41) is 2.72. The fourth-order valence-corrected chi connectivity index (χ4v) is 3.00. The highest BCUT2D eigenvalue weighted by atomic mass is 32.2. The van der Waals surface area contributed by atoms with Gasteiger partial charge in [0.05, 0.1) is 11.8 Å². The second-order valence-corrected chi connectivity index (χ2v) is 6.95. The van der Waals surface area contributed by atoms with E-state index in [9.17, 15) is 9.59 Å². The van der Waals surface area contributed by atoms with Crippen molar-refractivity contribution in [1.29, 1.82) is 0 Å². The molecule has 0 spiro atoms. The highest BCUT2D eigenvalue weighted by molar-refractivity contribution is 8.00. The van der Waals surface area contributed by atoms with Crippen LogP contribution in [0.15, 0.2) is 0 Å². The highest BCUT2D eigenvalue weighted by Gasteiger charge is 2.27. The first-order valence-electron chi connectivity index (χ1n) is 7.26. The van der Waals surface area contributed by atoms with Gasteiger partial charge in [-0.25, -0.2) is 0 Å². The summed E-state index contributed by atoms with van der Waals surface area (Å²) >= 11 is 1.55. The van der Waals surface area contributed by atoms with Gasteiger partial charge in [-0.15, -0.1) is 0 Å². The minimum Gasteiger partial charge on any atom is -0.358 e. The Hall–Kier alpha value is -0.550. The van der Waals surface area contributed by atoms with E-state index in [1.807, 2.05) is 20.9 Å². The third-order valence-electron chi connectivity index (χ3n) is 3.81. The van der Waals surface area contributed by atoms with Crippen LogP contribution in [-0.2, 0) is 9.59 Å². The Kier molecular flexibility index (Phi) is 9.14. The van der Waals surface area contributed by atoms with Crippen LogP contribution in [0.1, 0.15) is 34.6 Å². The molecule has 4 nitrogen and oxygen atoms in total. The topological polar surface area (TPSA) is 49.4 Å². The third kappa shape index (κ3) is 6.27. The molecule has 0 rings (SSSR count). The maximum absolute atomic E-state index is 12.0. The zero-order valence-electron chi connectivity index (χ0n) is 13.9. The molecule has 0 saturated carbocycles. The van der Waals surface area contributed by atoms with Crippen molar-refractivity contribution in [3.05, 3.63) is 0 Å². The molecule has 0 aliphatic rings. The van der Waals surface area contributed by atoms with Crippen LogP contribution >= 0.6 is 11.8 Å². The quantitative estimate of drug-likeness (QED) is 0.708. The fourth-order valence-electron chi connectivity index (χ4n) is 1.74. The number of likely N-dealkylation sites (N-methyl/N-ethyl adjacent to an activating group) is 2. The first-order chi connectivity index (χ1) is 9.22. The lowest BCUT2D eigenvalue weighted by Crippen LogP contribution is -2.50. The zero-order valence-corrected chi connectivity index (χ0v) is 14.7. The number of carbonyl (C=O) groups is 2. The first kappa shape index (κ1) is 19.4. The van der Waals surface area contributed by atoms with E-state index in [-0.39, 0.29) is 23.7 Å². The number of hydrogen-bond donors (Lipinski definition) is 1. The second kappa shape index (κ2) is 9.40. The van der Waals surface area contributed by atoms with E-state index >= 15 is 0 Å². The Morgan fingerprint density at radius 3 is 2.10 bits per heavy atom. The predicted molar refractivity (Wildman–Crippen MR) is 87.1 cm³/mol. The van der Waals surface area contributed by atoms with E-state index in [2.05, 4.69) is 31.0 Å². The van der Waals surface area contributed by atoms with Crippen molar-refractivity contribution in [3.8, 4) is 0 Å². The molecule has 1 amide bonds. The van der Waals surface area contributed by atoms with Crippen LogP contribution in [0.4, 0.5) is 0 Å². The van der Waals surface area contributed by atoms with Crippen molar-refractivity contribution in [3.63, 3.8) is 0 Å². The third-order valence-corrected chi connectivity index (χ3v) is 4.85. The van der Waals surface area contributed by atoms with Gasteiger partial charge in [-0.2, -0.15) is 11.8 Å². The predicted octanol–water partition coefficient (Wildman–Crippen LogP) is 2.04. The summed E-state index contributed by atoms with van der Waals surface area (Å²) < 4.78 is 0. The molecule has 0 saturated heterocycles. The number of ketones is 1. The number of Topliss-reactive ketones (excluding diaryl/α,β-unsaturated/α-hetero) is 1. The molecule has 0 aromatic rings. The van der Waals surface area contributed by atoms with E-state index < -0.39 is 0 Å². The van der Waals surface area contributed by atoms with Gasteiger partial charge in [-0.3, -0.25) is 14.5 Å². The average Bonchev–Trinajstić information content (AvgIpc) is 2.40. The van der Waals surface area contributed by atoms with Crippen LogP contribution in [0.3, 0.4) is 0 Å². The summed E-state index contributed by atoms with van der Waals surface area (Å²) in [6.45, 7) is 10.2. The minimum absolute atomic E-state index is 0.0181. The van der Waals surface area contributed by atoms with E-state index in [1.165, 1.54) is 0 Å². The molecular formula is C15H30N2O2S. The number of amides is 1. The average molecular weight is 302 g/mol. The van der Waals surface area contributed by atoms with Crippen LogP contribution in [0.2, 0.25) is 0 Å². The van der Waals surface area contributed by atoms with Gasteiger partial charge in [0, 0.05) is 24.8 Å². The molecule has 0 aromatic carbocycles. The van der Waals surface area contributed by atoms with Crippen molar-refractivity contribution in [1.82, 2.24) is 10.2 Å². The molecule has 0 fully saturated rings. The maximum atomic E-state index is 12.0. The Morgan fingerprint density at radius 2 is 1.70 bits per heavy atom. The fraction of sp³-hybridized carbons (Fsp3) is 0.867. The summed E-state index contributed by atoms with van der Waals surface area (Å²) in [6.07, 6.45) is 0. The Labute approximate surface area is 128 Å². The SMILES string of the molecule is CNC(=O)C(CSCC(=O)C(C)C)N(C)C(C)C(C)C. The van der Waals surface area contributed by atoms with Crippen LogP contribution < -0.4 is 5.32 Å². The highest BCUT2D eigenvalue weighted by Crippen LogP contribution is 2.16. The molecule has 2 atom stereocenters. The van der Waals surface area contributed by atoms with Gasteiger partial charge in [0.1, 0.15) is 5.78 Å². The standard InChI is InChI=1S/C15H30N2O2S/c1-10(2)12(5)17(7)13(15(19)16-6)8-20-9-14(18)11(3)4/h10-13H,8-9H2,1-7H3,(H,16,19). The molecule has 0 heterocycles. The van der Waals surface area contributed by atoms with Crippen molar-refractivity contribution in [2.24, 2.45) is 11.8 Å². The molecule has 0 bridgehead atoms.